The molecule has 0 aliphatic heterocycles. The molecule has 114 valence electrons. The number of nitrogens with two attached hydrogens (primary N) is 1. The summed E-state index contributed by atoms with van der Waals surface area (Å²) in [5.41, 5.74) is 6.54. The molecule has 4 N–H and O–H groups in total. The Kier molecular flexibility index (Phi) is 4.63. The molecule has 1 amide bonds. The van der Waals surface area contributed by atoms with Crippen molar-refractivity contribution in [3.8, 4) is 0 Å². The van der Waals surface area contributed by atoms with Crippen molar-refractivity contribution >= 4 is 49.3 Å². The lowest BCUT2D eigenvalue weighted by Gasteiger charge is -2.43. The van der Waals surface area contributed by atoms with Gasteiger partial charge in [-0.25, -0.2) is 0 Å². The summed E-state index contributed by atoms with van der Waals surface area (Å²) in [6, 6.07) is 3.83. The normalized spacial score (nSPS) is 25.3. The standard InChI is InChI=1S/C14H17Br2N3O2/c1-7-3-9(15)11(10(16)4-7)18-13(20)14(12(17)19-21)5-8(2)6-14/h3-4,8,21H,5-6H2,1-2H3,(H2,17,19)(H,18,20). The molecule has 0 bridgehead atoms. The van der Waals surface area contributed by atoms with Crippen LogP contribution in [0.1, 0.15) is 25.3 Å². The highest BCUT2D eigenvalue weighted by Gasteiger charge is 2.52. The zero-order chi connectivity index (χ0) is 15.8. The minimum absolute atomic E-state index is 0.0301. The Morgan fingerprint density at radius 2 is 1.95 bits per heavy atom. The van der Waals surface area contributed by atoms with E-state index in [1.165, 1.54) is 0 Å². The zero-order valence-electron chi connectivity index (χ0n) is 11.8. The third-order valence-corrected chi connectivity index (χ3v) is 5.10. The van der Waals surface area contributed by atoms with Gasteiger partial charge in [0.2, 0.25) is 5.91 Å². The second-order valence-corrected chi connectivity index (χ2v) is 7.35. The Hall–Kier alpha value is -1.08. The van der Waals surface area contributed by atoms with Gasteiger partial charge >= 0.3 is 0 Å². The number of halogens is 2. The van der Waals surface area contributed by atoms with Gasteiger partial charge in [0.15, 0.2) is 5.84 Å². The van der Waals surface area contributed by atoms with E-state index in [1.807, 2.05) is 26.0 Å². The molecule has 0 spiro atoms. The predicted molar refractivity (Wildman–Crippen MR) is 89.4 cm³/mol. The van der Waals surface area contributed by atoms with E-state index in [9.17, 15) is 4.79 Å². The topological polar surface area (TPSA) is 87.7 Å². The van der Waals surface area contributed by atoms with Crippen LogP contribution < -0.4 is 11.1 Å². The average Bonchev–Trinajstić information content (AvgIpc) is 2.37. The maximum absolute atomic E-state index is 12.6. The minimum atomic E-state index is -0.919. The van der Waals surface area contributed by atoms with E-state index in [0.717, 1.165) is 14.5 Å². The fourth-order valence-corrected chi connectivity index (χ4v) is 4.40. The van der Waals surface area contributed by atoms with E-state index in [0.29, 0.717) is 24.4 Å². The van der Waals surface area contributed by atoms with Crippen LogP contribution in [0.4, 0.5) is 5.69 Å². The molecule has 2 rings (SSSR count). The number of carbonyl (C=O) groups is 1. The number of hydrogen-bond acceptors (Lipinski definition) is 3. The largest absolute Gasteiger partial charge is 0.409 e. The average molecular weight is 419 g/mol. The Morgan fingerprint density at radius 1 is 1.43 bits per heavy atom. The van der Waals surface area contributed by atoms with Crippen LogP contribution in [0.25, 0.3) is 0 Å². The molecular weight excluding hydrogens is 402 g/mol. The summed E-state index contributed by atoms with van der Waals surface area (Å²) in [6.45, 7) is 4.00. The first kappa shape index (κ1) is 16.3. The molecule has 1 aliphatic rings. The van der Waals surface area contributed by atoms with Crippen molar-refractivity contribution < 1.29 is 10.0 Å². The van der Waals surface area contributed by atoms with Gasteiger partial charge in [0.25, 0.3) is 0 Å². The fraction of sp³-hybridized carbons (Fsp3) is 0.429. The van der Waals surface area contributed by atoms with E-state index in [2.05, 4.69) is 42.3 Å². The lowest BCUT2D eigenvalue weighted by atomic mass is 9.61. The molecule has 1 aromatic rings. The maximum Gasteiger partial charge on any atom is 0.238 e. The van der Waals surface area contributed by atoms with Crippen LogP contribution in [0.5, 0.6) is 0 Å². The number of amides is 1. The number of anilines is 1. The van der Waals surface area contributed by atoms with Crippen LogP contribution in [-0.2, 0) is 4.79 Å². The van der Waals surface area contributed by atoms with Crippen molar-refractivity contribution in [3.05, 3.63) is 26.6 Å². The van der Waals surface area contributed by atoms with Crippen molar-refractivity contribution in [2.24, 2.45) is 22.2 Å². The van der Waals surface area contributed by atoms with Crippen LogP contribution in [0.2, 0.25) is 0 Å². The van der Waals surface area contributed by atoms with Gasteiger partial charge in [-0.05, 0) is 75.2 Å². The summed E-state index contributed by atoms with van der Waals surface area (Å²) in [4.78, 5) is 12.6. The number of oxime groups is 1. The highest BCUT2D eigenvalue weighted by atomic mass is 79.9. The van der Waals surface area contributed by atoms with E-state index >= 15 is 0 Å². The highest BCUT2D eigenvalue weighted by Crippen LogP contribution is 2.47. The lowest BCUT2D eigenvalue weighted by molar-refractivity contribution is -0.127. The Morgan fingerprint density at radius 3 is 2.38 bits per heavy atom. The summed E-state index contributed by atoms with van der Waals surface area (Å²) in [5.74, 6) is 0.0968. The van der Waals surface area contributed by atoms with Crippen LogP contribution in [-0.4, -0.2) is 17.0 Å². The second kappa shape index (κ2) is 5.96. The molecule has 5 nitrogen and oxygen atoms in total. The summed E-state index contributed by atoms with van der Waals surface area (Å²) >= 11 is 6.89. The molecule has 0 radical (unpaired) electrons. The van der Waals surface area contributed by atoms with Crippen molar-refractivity contribution in [2.45, 2.75) is 26.7 Å². The van der Waals surface area contributed by atoms with Gasteiger partial charge < -0.3 is 16.3 Å². The molecule has 0 unspecified atom stereocenters. The number of hydrogen-bond donors (Lipinski definition) is 3. The quantitative estimate of drug-likeness (QED) is 0.303. The zero-order valence-corrected chi connectivity index (χ0v) is 15.0. The van der Waals surface area contributed by atoms with Crippen molar-refractivity contribution in [1.82, 2.24) is 0 Å². The summed E-state index contributed by atoms with van der Waals surface area (Å²) in [6.07, 6.45) is 1.16. The second-order valence-electron chi connectivity index (χ2n) is 5.64. The molecule has 0 saturated heterocycles. The molecule has 1 fully saturated rings. The lowest BCUT2D eigenvalue weighted by Crippen LogP contribution is -2.54. The Balaban J connectivity index is 2.29. The maximum atomic E-state index is 12.6. The van der Waals surface area contributed by atoms with Gasteiger partial charge in [-0.1, -0.05) is 12.1 Å². The molecule has 0 atom stereocenters. The van der Waals surface area contributed by atoms with Crippen LogP contribution >= 0.6 is 31.9 Å². The van der Waals surface area contributed by atoms with E-state index in [-0.39, 0.29) is 11.7 Å². The van der Waals surface area contributed by atoms with Gasteiger partial charge in [-0.2, -0.15) is 0 Å². The molecule has 1 aromatic carbocycles. The molecule has 1 aliphatic carbocycles. The summed E-state index contributed by atoms with van der Waals surface area (Å²) in [7, 11) is 0. The number of benzene rings is 1. The smallest absolute Gasteiger partial charge is 0.238 e. The number of aryl methyl sites for hydroxylation is 1. The van der Waals surface area contributed by atoms with Crippen LogP contribution in [0.15, 0.2) is 26.2 Å². The van der Waals surface area contributed by atoms with Crippen molar-refractivity contribution in [1.29, 1.82) is 0 Å². The number of rotatable bonds is 3. The number of nitrogens with zero attached hydrogens (tertiary/aromatic N) is 1. The van der Waals surface area contributed by atoms with Crippen LogP contribution in [0.3, 0.4) is 0 Å². The fourth-order valence-electron chi connectivity index (χ4n) is 2.79. The first-order valence-corrected chi connectivity index (χ1v) is 8.14. The SMILES string of the molecule is Cc1cc(Br)c(NC(=O)C2(C(N)=NO)CC(C)C2)c(Br)c1. The van der Waals surface area contributed by atoms with E-state index < -0.39 is 5.41 Å². The first-order valence-electron chi connectivity index (χ1n) is 6.55. The number of amidine groups is 1. The molecule has 0 aromatic heterocycles. The minimum Gasteiger partial charge on any atom is -0.409 e. The van der Waals surface area contributed by atoms with E-state index in [4.69, 9.17) is 10.9 Å². The van der Waals surface area contributed by atoms with E-state index in [1.54, 1.807) is 0 Å². The van der Waals surface area contributed by atoms with Crippen LogP contribution in [0, 0.1) is 18.3 Å². The highest BCUT2D eigenvalue weighted by molar-refractivity contribution is 9.11. The predicted octanol–water partition coefficient (Wildman–Crippen LogP) is 3.62. The van der Waals surface area contributed by atoms with Crippen molar-refractivity contribution in [3.63, 3.8) is 0 Å². The Bertz CT molecular complexity index is 587. The molecule has 7 heteroatoms. The van der Waals surface area contributed by atoms with Crippen molar-refractivity contribution in [2.75, 3.05) is 5.32 Å². The Labute approximate surface area is 140 Å². The van der Waals surface area contributed by atoms with Gasteiger partial charge in [0.1, 0.15) is 5.41 Å². The molecule has 21 heavy (non-hydrogen) atoms. The molecular formula is C14H17Br2N3O2. The first-order chi connectivity index (χ1) is 9.80. The molecule has 0 heterocycles. The third kappa shape index (κ3) is 2.94. The third-order valence-electron chi connectivity index (χ3n) is 3.85. The van der Waals surface area contributed by atoms with Gasteiger partial charge in [0, 0.05) is 8.95 Å². The molecule has 1 saturated carbocycles. The summed E-state index contributed by atoms with van der Waals surface area (Å²) < 4.78 is 1.56. The number of carbonyl (C=O) groups excluding carboxylic acids is 1. The number of nitrogens with one attached hydrogen (secondary N) is 1. The van der Waals surface area contributed by atoms with Gasteiger partial charge in [-0.3, -0.25) is 4.79 Å². The van der Waals surface area contributed by atoms with Gasteiger partial charge in [0.05, 0.1) is 5.69 Å². The van der Waals surface area contributed by atoms with Gasteiger partial charge in [-0.15, -0.1) is 0 Å². The monoisotopic (exact) mass is 417 g/mol. The summed E-state index contributed by atoms with van der Waals surface area (Å²) in [5, 5.41) is 14.9.